The van der Waals surface area contributed by atoms with Crippen LogP contribution in [0.4, 0.5) is 0 Å². The Labute approximate surface area is 174 Å². The average Bonchev–Trinajstić information content (AvgIpc) is 3.18. The van der Waals surface area contributed by atoms with Crippen LogP contribution in [-0.2, 0) is 21.2 Å². The summed E-state index contributed by atoms with van der Waals surface area (Å²) in [4.78, 5) is 20.3. The minimum Gasteiger partial charge on any atom is -0.335 e. The summed E-state index contributed by atoms with van der Waals surface area (Å²) in [5.41, 5.74) is 1.25. The number of amides is 1. The maximum absolute atomic E-state index is 13.1. The molecule has 1 unspecified atom stereocenters. The lowest BCUT2D eigenvalue weighted by atomic mass is 9.93. The molecule has 1 amide bonds. The van der Waals surface area contributed by atoms with Gasteiger partial charge in [-0.1, -0.05) is 11.6 Å². The van der Waals surface area contributed by atoms with E-state index in [2.05, 4.69) is 23.4 Å². The third kappa shape index (κ3) is 3.47. The van der Waals surface area contributed by atoms with Crippen molar-refractivity contribution in [1.29, 1.82) is 0 Å². The fraction of sp³-hybridized carbons (Fsp3) is 0.474. The highest BCUT2D eigenvalue weighted by molar-refractivity contribution is 7.89. The Balaban J connectivity index is 1.43. The van der Waals surface area contributed by atoms with Gasteiger partial charge in [-0.25, -0.2) is 13.4 Å². The first-order chi connectivity index (χ1) is 13.4. The first-order valence-electron chi connectivity index (χ1n) is 9.37. The summed E-state index contributed by atoms with van der Waals surface area (Å²) < 4.78 is 27.1. The molecule has 1 saturated heterocycles. The zero-order valence-electron chi connectivity index (χ0n) is 15.5. The summed E-state index contributed by atoms with van der Waals surface area (Å²) in [6.45, 7) is 3.44. The molecule has 0 aromatic carbocycles. The molecule has 0 saturated carbocycles. The van der Waals surface area contributed by atoms with E-state index in [4.69, 9.17) is 11.6 Å². The number of halogens is 1. The quantitative estimate of drug-likeness (QED) is 0.687. The average molecular weight is 440 g/mol. The minimum absolute atomic E-state index is 0.0191. The number of hydrogen-bond donors (Lipinski definition) is 0. The second kappa shape index (κ2) is 7.74. The number of piperidine rings is 1. The first kappa shape index (κ1) is 19.8. The van der Waals surface area contributed by atoms with Crippen LogP contribution in [0.15, 0.2) is 34.7 Å². The molecule has 1 atom stereocenters. The highest BCUT2D eigenvalue weighted by Gasteiger charge is 2.37. The van der Waals surface area contributed by atoms with Crippen LogP contribution < -0.4 is 0 Å². The van der Waals surface area contributed by atoms with Gasteiger partial charge in [0.1, 0.15) is 10.0 Å². The van der Waals surface area contributed by atoms with Gasteiger partial charge in [0.05, 0.1) is 6.04 Å². The normalized spacial score (nSPS) is 21.5. The molecule has 0 spiro atoms. The Hall–Kier alpha value is -1.48. The molecule has 1 fully saturated rings. The number of fused-ring (bicyclic) bond motifs is 1. The lowest BCUT2D eigenvalue weighted by molar-refractivity contribution is -0.139. The number of hydrogen-bond acceptors (Lipinski definition) is 5. The van der Waals surface area contributed by atoms with Crippen molar-refractivity contribution in [2.24, 2.45) is 5.92 Å². The predicted molar refractivity (Wildman–Crippen MR) is 109 cm³/mol. The van der Waals surface area contributed by atoms with E-state index in [1.165, 1.54) is 27.0 Å². The molecular formula is C19H22ClN3O3S2. The molecule has 0 aliphatic carbocycles. The van der Waals surface area contributed by atoms with Crippen molar-refractivity contribution in [2.45, 2.75) is 37.1 Å². The van der Waals surface area contributed by atoms with Crippen LogP contribution in [0, 0.1) is 5.92 Å². The van der Waals surface area contributed by atoms with E-state index in [9.17, 15) is 13.2 Å². The molecule has 0 N–H and O–H groups in total. The van der Waals surface area contributed by atoms with Crippen molar-refractivity contribution in [3.05, 3.63) is 45.4 Å². The lowest BCUT2D eigenvalue weighted by Gasteiger charge is -2.38. The highest BCUT2D eigenvalue weighted by Crippen LogP contribution is 2.35. The Morgan fingerprint density at radius 3 is 2.71 bits per heavy atom. The Morgan fingerprint density at radius 1 is 1.25 bits per heavy atom. The monoisotopic (exact) mass is 439 g/mol. The molecule has 2 aliphatic rings. The molecule has 2 aliphatic heterocycles. The van der Waals surface area contributed by atoms with E-state index in [0.29, 0.717) is 25.9 Å². The zero-order chi connectivity index (χ0) is 19.9. The van der Waals surface area contributed by atoms with Crippen LogP contribution in [0.1, 0.15) is 36.2 Å². The number of thiophene rings is 1. The van der Waals surface area contributed by atoms with E-state index >= 15 is 0 Å². The van der Waals surface area contributed by atoms with E-state index in [1.807, 2.05) is 4.90 Å². The van der Waals surface area contributed by atoms with E-state index < -0.39 is 10.0 Å². The molecular weight excluding hydrogens is 418 g/mol. The van der Waals surface area contributed by atoms with Crippen molar-refractivity contribution >= 4 is 38.9 Å². The molecule has 4 heterocycles. The van der Waals surface area contributed by atoms with Crippen molar-refractivity contribution in [3.63, 3.8) is 0 Å². The van der Waals surface area contributed by atoms with Gasteiger partial charge in [-0.05, 0) is 55.3 Å². The van der Waals surface area contributed by atoms with Crippen LogP contribution >= 0.6 is 22.9 Å². The highest BCUT2D eigenvalue weighted by atomic mass is 35.5. The fourth-order valence-electron chi connectivity index (χ4n) is 4.09. The summed E-state index contributed by atoms with van der Waals surface area (Å²) in [6.07, 6.45) is 3.41. The smallest absolute Gasteiger partial charge is 0.246 e. The Morgan fingerprint density at radius 2 is 2.00 bits per heavy atom. The number of pyridine rings is 1. The van der Waals surface area contributed by atoms with Gasteiger partial charge in [-0.2, -0.15) is 4.31 Å². The van der Waals surface area contributed by atoms with Gasteiger partial charge in [0, 0.05) is 36.6 Å². The number of carbonyl (C=O) groups is 1. The topological polar surface area (TPSA) is 70.6 Å². The summed E-state index contributed by atoms with van der Waals surface area (Å²) in [5.74, 6) is -0.000681. The molecule has 150 valence electrons. The Bertz CT molecular complexity index is 984. The van der Waals surface area contributed by atoms with Gasteiger partial charge in [-0.3, -0.25) is 4.79 Å². The standard InChI is InChI=1S/C19H22ClN3O3S2/c1-13-15-7-12-27-16(15)6-11-23(13)19(24)14-4-9-22(10-5-14)28(25,26)17-3-2-8-21-18(17)20/h2-3,7-8,12-14H,4-6,9-11H2,1H3. The van der Waals surface area contributed by atoms with Crippen molar-refractivity contribution in [1.82, 2.24) is 14.2 Å². The lowest BCUT2D eigenvalue weighted by Crippen LogP contribution is -2.46. The number of sulfonamides is 1. The summed E-state index contributed by atoms with van der Waals surface area (Å²) in [7, 11) is -3.69. The molecule has 28 heavy (non-hydrogen) atoms. The number of aromatic nitrogens is 1. The fourth-order valence-corrected chi connectivity index (χ4v) is 6.95. The van der Waals surface area contributed by atoms with Crippen molar-refractivity contribution < 1.29 is 13.2 Å². The molecule has 0 radical (unpaired) electrons. The third-order valence-corrected chi connectivity index (χ3v) is 9.05. The second-order valence-electron chi connectivity index (χ2n) is 7.23. The van der Waals surface area contributed by atoms with Crippen LogP contribution in [-0.4, -0.2) is 48.1 Å². The number of rotatable bonds is 3. The third-order valence-electron chi connectivity index (χ3n) is 5.71. The summed E-state index contributed by atoms with van der Waals surface area (Å²) in [5, 5.41) is 2.07. The molecule has 2 aromatic rings. The summed E-state index contributed by atoms with van der Waals surface area (Å²) >= 11 is 7.73. The van der Waals surface area contributed by atoms with Crippen LogP contribution in [0.3, 0.4) is 0 Å². The number of nitrogens with zero attached hydrogens (tertiary/aromatic N) is 3. The zero-order valence-corrected chi connectivity index (χ0v) is 17.9. The molecule has 2 aromatic heterocycles. The van der Waals surface area contributed by atoms with E-state index in [1.54, 1.807) is 17.4 Å². The van der Waals surface area contributed by atoms with Gasteiger partial charge in [0.15, 0.2) is 0 Å². The van der Waals surface area contributed by atoms with Crippen molar-refractivity contribution in [3.8, 4) is 0 Å². The molecule has 9 heteroatoms. The Kier molecular flexibility index (Phi) is 5.48. The maximum atomic E-state index is 13.1. The molecule has 0 bridgehead atoms. The van der Waals surface area contributed by atoms with Crippen LogP contribution in [0.25, 0.3) is 0 Å². The SMILES string of the molecule is CC1c2ccsc2CCN1C(=O)C1CCN(S(=O)(=O)c2cccnc2Cl)CC1. The van der Waals surface area contributed by atoms with Gasteiger partial charge < -0.3 is 4.90 Å². The van der Waals surface area contributed by atoms with Gasteiger partial charge in [0.25, 0.3) is 0 Å². The van der Waals surface area contributed by atoms with Crippen molar-refractivity contribution in [2.75, 3.05) is 19.6 Å². The minimum atomic E-state index is -3.69. The van der Waals surface area contributed by atoms with Gasteiger partial charge in [-0.15, -0.1) is 11.3 Å². The molecule has 4 rings (SSSR count). The maximum Gasteiger partial charge on any atom is 0.246 e. The van der Waals surface area contributed by atoms with E-state index in [-0.39, 0.29) is 27.9 Å². The number of carbonyl (C=O) groups excluding carboxylic acids is 1. The molecule has 6 nitrogen and oxygen atoms in total. The first-order valence-corrected chi connectivity index (χ1v) is 12.1. The largest absolute Gasteiger partial charge is 0.335 e. The van der Waals surface area contributed by atoms with Crippen LogP contribution in [0.5, 0.6) is 0 Å². The van der Waals surface area contributed by atoms with Gasteiger partial charge >= 0.3 is 0 Å². The van der Waals surface area contributed by atoms with Gasteiger partial charge in [0.2, 0.25) is 15.9 Å². The second-order valence-corrected chi connectivity index (χ2v) is 10.5. The van der Waals surface area contributed by atoms with Crippen LogP contribution in [0.2, 0.25) is 5.15 Å². The summed E-state index contributed by atoms with van der Waals surface area (Å²) in [6, 6.07) is 5.22. The predicted octanol–water partition coefficient (Wildman–Crippen LogP) is 3.34. The van der Waals surface area contributed by atoms with E-state index in [0.717, 1.165) is 13.0 Å².